The van der Waals surface area contributed by atoms with E-state index in [4.69, 9.17) is 0 Å². The first-order chi connectivity index (χ1) is 17.5. The molecule has 1 atom stereocenters. The van der Waals surface area contributed by atoms with Crippen LogP contribution in [0.1, 0.15) is 62.5 Å². The molecule has 10 heteroatoms. The maximum Gasteiger partial charge on any atom is 0.274 e. The second-order valence-electron chi connectivity index (χ2n) is 10.7. The molecule has 0 spiro atoms. The van der Waals surface area contributed by atoms with Crippen LogP contribution in [-0.2, 0) is 9.59 Å². The number of nitrogens with one attached hydrogen (secondary N) is 1. The van der Waals surface area contributed by atoms with E-state index in [1.165, 1.54) is 12.1 Å². The van der Waals surface area contributed by atoms with E-state index < -0.39 is 11.6 Å². The molecule has 0 bridgehead atoms. The Hall–Kier alpha value is -3.82. The number of fused-ring (bicyclic) bond motifs is 1. The third-order valence-corrected chi connectivity index (χ3v) is 7.19. The largest absolute Gasteiger partial charge is 0.344 e. The normalized spacial score (nSPS) is 19.5. The molecule has 1 aromatic carbocycles. The van der Waals surface area contributed by atoms with Gasteiger partial charge in [0.25, 0.3) is 5.91 Å². The highest BCUT2D eigenvalue weighted by Gasteiger charge is 2.41. The van der Waals surface area contributed by atoms with Gasteiger partial charge < -0.3 is 15.1 Å². The van der Waals surface area contributed by atoms with Gasteiger partial charge in [0.2, 0.25) is 11.8 Å². The minimum absolute atomic E-state index is 0.0992. The second kappa shape index (κ2) is 9.24. The van der Waals surface area contributed by atoms with Gasteiger partial charge in [-0.15, -0.1) is 0 Å². The maximum absolute atomic E-state index is 13.7. The first-order valence-electron chi connectivity index (χ1n) is 12.6. The van der Waals surface area contributed by atoms with Crippen LogP contribution in [0.4, 0.5) is 4.39 Å². The number of hydrogen-bond donors (Lipinski definition) is 1. The fourth-order valence-electron chi connectivity index (χ4n) is 5.17. The van der Waals surface area contributed by atoms with E-state index in [9.17, 15) is 18.8 Å². The number of piperazine rings is 1. The summed E-state index contributed by atoms with van der Waals surface area (Å²) in [5.41, 5.74) is 2.62. The highest BCUT2D eigenvalue weighted by molar-refractivity contribution is 5.94. The summed E-state index contributed by atoms with van der Waals surface area (Å²) in [4.78, 5) is 46.3. The van der Waals surface area contributed by atoms with Crippen molar-refractivity contribution in [1.82, 2.24) is 29.7 Å². The number of amides is 3. The van der Waals surface area contributed by atoms with E-state index >= 15 is 0 Å². The lowest BCUT2D eigenvalue weighted by molar-refractivity contribution is -0.138. The van der Waals surface area contributed by atoms with Crippen LogP contribution in [-0.4, -0.2) is 73.3 Å². The molecule has 2 saturated heterocycles. The molecule has 2 aliphatic rings. The fourth-order valence-corrected chi connectivity index (χ4v) is 5.17. The van der Waals surface area contributed by atoms with Gasteiger partial charge in [-0.3, -0.25) is 14.4 Å². The van der Waals surface area contributed by atoms with Crippen LogP contribution in [0.15, 0.2) is 36.5 Å². The molecular weight excluding hydrogens is 475 g/mol. The van der Waals surface area contributed by atoms with Crippen molar-refractivity contribution in [1.29, 1.82) is 0 Å². The third kappa shape index (κ3) is 4.68. The molecule has 0 saturated carbocycles. The predicted octanol–water partition coefficient (Wildman–Crippen LogP) is 3.00. The molecule has 2 aliphatic heterocycles. The van der Waals surface area contributed by atoms with Crippen molar-refractivity contribution in [2.45, 2.75) is 58.0 Å². The summed E-state index contributed by atoms with van der Waals surface area (Å²) < 4.78 is 15.1. The number of halogens is 1. The standard InChI is InChI=1S/C27H31FN6O3/c1-16(2)19-13-21(17-5-7-18(28)8-6-17)31-34-14-22(30-24(19)34)26(37)33-12-11-32(15-27(33,3)4)25(36)20-9-10-23(35)29-20/h5-8,13-14,16,20H,9-12,15H2,1-4H3,(H,29,35)/t20-/m1/s1. The summed E-state index contributed by atoms with van der Waals surface area (Å²) >= 11 is 0. The summed E-state index contributed by atoms with van der Waals surface area (Å²) in [7, 11) is 0. The molecule has 5 rings (SSSR count). The predicted molar refractivity (Wildman–Crippen MR) is 135 cm³/mol. The highest BCUT2D eigenvalue weighted by Crippen LogP contribution is 2.28. The van der Waals surface area contributed by atoms with E-state index in [2.05, 4.69) is 15.4 Å². The highest BCUT2D eigenvalue weighted by atomic mass is 19.1. The van der Waals surface area contributed by atoms with Crippen molar-refractivity contribution in [3.8, 4) is 11.3 Å². The molecule has 0 unspecified atom stereocenters. The van der Waals surface area contributed by atoms with Crippen LogP contribution in [0.2, 0.25) is 0 Å². The van der Waals surface area contributed by atoms with Crippen molar-refractivity contribution < 1.29 is 18.8 Å². The average Bonchev–Trinajstić information content (AvgIpc) is 3.48. The first kappa shape index (κ1) is 24.9. The number of benzene rings is 1. The van der Waals surface area contributed by atoms with Gasteiger partial charge in [-0.25, -0.2) is 13.9 Å². The van der Waals surface area contributed by atoms with Crippen molar-refractivity contribution >= 4 is 23.4 Å². The van der Waals surface area contributed by atoms with Gasteiger partial charge >= 0.3 is 0 Å². The Bertz CT molecular complexity index is 1380. The lowest BCUT2D eigenvalue weighted by Crippen LogP contribution is -2.63. The van der Waals surface area contributed by atoms with Crippen molar-refractivity contribution in [2.24, 2.45) is 0 Å². The Labute approximate surface area is 214 Å². The van der Waals surface area contributed by atoms with Crippen LogP contribution in [0.3, 0.4) is 0 Å². The van der Waals surface area contributed by atoms with Crippen molar-refractivity contribution in [3.63, 3.8) is 0 Å². The van der Waals surface area contributed by atoms with Gasteiger partial charge in [-0.1, -0.05) is 13.8 Å². The average molecular weight is 507 g/mol. The molecule has 2 aromatic heterocycles. The van der Waals surface area contributed by atoms with Gasteiger partial charge in [-0.2, -0.15) is 5.10 Å². The van der Waals surface area contributed by atoms with Gasteiger partial charge in [0.1, 0.15) is 17.6 Å². The van der Waals surface area contributed by atoms with Crippen LogP contribution in [0, 0.1) is 5.82 Å². The van der Waals surface area contributed by atoms with Crippen LogP contribution in [0.5, 0.6) is 0 Å². The zero-order chi connectivity index (χ0) is 26.5. The molecule has 3 aromatic rings. The number of nitrogens with zero attached hydrogens (tertiary/aromatic N) is 5. The maximum atomic E-state index is 13.7. The Morgan fingerprint density at radius 2 is 1.89 bits per heavy atom. The summed E-state index contributed by atoms with van der Waals surface area (Å²) in [6, 6.07) is 7.59. The van der Waals surface area contributed by atoms with E-state index in [1.54, 1.807) is 32.6 Å². The Morgan fingerprint density at radius 3 is 2.51 bits per heavy atom. The molecule has 3 amide bonds. The Kier molecular flexibility index (Phi) is 6.21. The molecule has 0 radical (unpaired) electrons. The monoisotopic (exact) mass is 506 g/mol. The number of imidazole rings is 1. The SMILES string of the molecule is CC(C)c1cc(-c2ccc(F)cc2)nn2cc(C(=O)N3CCN(C(=O)[C@H]4CCC(=O)N4)CC3(C)C)nc12. The number of hydrogen-bond acceptors (Lipinski definition) is 5. The summed E-state index contributed by atoms with van der Waals surface area (Å²) in [5.74, 6) is -0.623. The molecule has 37 heavy (non-hydrogen) atoms. The van der Waals surface area contributed by atoms with Crippen LogP contribution >= 0.6 is 0 Å². The Balaban J connectivity index is 1.41. The first-order valence-corrected chi connectivity index (χ1v) is 12.6. The van der Waals surface area contributed by atoms with E-state index in [0.717, 1.165) is 11.1 Å². The fraction of sp³-hybridized carbons (Fsp3) is 0.444. The van der Waals surface area contributed by atoms with Crippen molar-refractivity contribution in [2.75, 3.05) is 19.6 Å². The second-order valence-corrected chi connectivity index (χ2v) is 10.7. The summed E-state index contributed by atoms with van der Waals surface area (Å²) in [6.45, 7) is 9.06. The molecule has 2 fully saturated rings. The lowest BCUT2D eigenvalue weighted by Gasteiger charge is -2.47. The summed E-state index contributed by atoms with van der Waals surface area (Å²) in [5, 5.41) is 7.40. The minimum Gasteiger partial charge on any atom is -0.344 e. The molecule has 0 aliphatic carbocycles. The van der Waals surface area contributed by atoms with Crippen molar-refractivity contribution in [3.05, 3.63) is 53.6 Å². The number of rotatable bonds is 4. The van der Waals surface area contributed by atoms with Gasteiger partial charge in [0, 0.05) is 37.2 Å². The van der Waals surface area contributed by atoms with Gasteiger partial charge in [0.15, 0.2) is 5.65 Å². The third-order valence-electron chi connectivity index (χ3n) is 7.19. The molecule has 1 N–H and O–H groups in total. The smallest absolute Gasteiger partial charge is 0.274 e. The zero-order valence-electron chi connectivity index (χ0n) is 21.5. The van der Waals surface area contributed by atoms with Gasteiger partial charge in [-0.05, 0) is 56.5 Å². The zero-order valence-corrected chi connectivity index (χ0v) is 21.5. The molecule has 9 nitrogen and oxygen atoms in total. The minimum atomic E-state index is -0.628. The molecular formula is C27H31FN6O3. The topological polar surface area (TPSA) is 99.9 Å². The van der Waals surface area contributed by atoms with E-state index in [1.807, 2.05) is 33.8 Å². The number of aromatic nitrogens is 3. The number of carbonyl (C=O) groups is 3. The Morgan fingerprint density at radius 1 is 1.16 bits per heavy atom. The molecule has 4 heterocycles. The van der Waals surface area contributed by atoms with Gasteiger partial charge in [0.05, 0.1) is 17.4 Å². The lowest BCUT2D eigenvalue weighted by atomic mass is 9.97. The summed E-state index contributed by atoms with van der Waals surface area (Å²) in [6.07, 6.45) is 2.50. The van der Waals surface area contributed by atoms with Crippen LogP contribution < -0.4 is 5.32 Å². The van der Waals surface area contributed by atoms with E-state index in [0.29, 0.717) is 43.8 Å². The van der Waals surface area contributed by atoms with Crippen LogP contribution in [0.25, 0.3) is 16.9 Å². The quantitative estimate of drug-likeness (QED) is 0.587. The molecule has 194 valence electrons. The van der Waals surface area contributed by atoms with E-state index in [-0.39, 0.29) is 35.2 Å². The number of carbonyl (C=O) groups excluding carboxylic acids is 3.